The van der Waals surface area contributed by atoms with Gasteiger partial charge in [0.15, 0.2) is 0 Å². The van der Waals surface area contributed by atoms with Gasteiger partial charge in [0.05, 0.1) is 0 Å². The molecule has 3 aliphatic rings. The van der Waals surface area contributed by atoms with Gasteiger partial charge in [-0.25, -0.2) is 4.79 Å². The fourth-order valence-corrected chi connectivity index (χ4v) is 5.35. The Balaban J connectivity index is 1.03. The second-order valence-corrected chi connectivity index (χ2v) is 9.70. The molecule has 178 valence electrons. The van der Waals surface area contributed by atoms with Crippen LogP contribution in [0.15, 0.2) is 48.5 Å². The Morgan fingerprint density at radius 2 is 1.65 bits per heavy atom. The largest absolute Gasteiger partial charge is 0.481 e. The topological polar surface area (TPSA) is 95.9 Å². The van der Waals surface area contributed by atoms with Crippen molar-refractivity contribution in [1.29, 1.82) is 0 Å². The van der Waals surface area contributed by atoms with E-state index in [9.17, 15) is 14.4 Å². The van der Waals surface area contributed by atoms with Crippen molar-refractivity contribution in [2.45, 2.75) is 31.6 Å². The summed E-state index contributed by atoms with van der Waals surface area (Å²) in [6.45, 7) is 2.18. The van der Waals surface area contributed by atoms with E-state index < -0.39 is 12.1 Å². The number of hydrogen-bond donors (Lipinski definition) is 2. The third-order valence-electron chi connectivity index (χ3n) is 7.36. The molecule has 5 rings (SSSR count). The summed E-state index contributed by atoms with van der Waals surface area (Å²) in [6.07, 6.45) is 2.06. The van der Waals surface area contributed by atoms with E-state index in [2.05, 4.69) is 29.6 Å². The minimum absolute atomic E-state index is 0.0196. The predicted molar refractivity (Wildman–Crippen MR) is 126 cm³/mol. The third kappa shape index (κ3) is 4.65. The molecule has 2 aliphatic carbocycles. The molecule has 1 saturated heterocycles. The molecule has 34 heavy (non-hydrogen) atoms. The first-order valence-electron chi connectivity index (χ1n) is 12.1. The van der Waals surface area contributed by atoms with Crippen LogP contribution < -0.4 is 5.32 Å². The molecule has 0 bridgehead atoms. The lowest BCUT2D eigenvalue weighted by molar-refractivity contribution is -0.140. The van der Waals surface area contributed by atoms with Crippen LogP contribution in [0.3, 0.4) is 0 Å². The fraction of sp³-hybridized carbons (Fsp3) is 0.444. The Morgan fingerprint density at radius 1 is 1.00 bits per heavy atom. The zero-order chi connectivity index (χ0) is 23.7. The van der Waals surface area contributed by atoms with Crippen LogP contribution in [0.5, 0.6) is 0 Å². The van der Waals surface area contributed by atoms with Gasteiger partial charge in [-0.2, -0.15) is 0 Å². The van der Waals surface area contributed by atoms with E-state index in [0.29, 0.717) is 18.9 Å². The van der Waals surface area contributed by atoms with Crippen molar-refractivity contribution in [3.8, 4) is 11.1 Å². The fourth-order valence-electron chi connectivity index (χ4n) is 5.35. The highest BCUT2D eigenvalue weighted by Crippen LogP contribution is 2.44. The van der Waals surface area contributed by atoms with Crippen molar-refractivity contribution < 1.29 is 24.2 Å². The molecule has 1 aliphatic heterocycles. The number of nitrogens with one attached hydrogen (secondary N) is 1. The summed E-state index contributed by atoms with van der Waals surface area (Å²) >= 11 is 0. The van der Waals surface area contributed by atoms with Gasteiger partial charge in [0.25, 0.3) is 0 Å². The van der Waals surface area contributed by atoms with Crippen molar-refractivity contribution in [2.24, 2.45) is 17.8 Å². The smallest absolute Gasteiger partial charge is 0.407 e. The third-order valence-corrected chi connectivity index (χ3v) is 7.36. The Bertz CT molecular complexity index is 1050. The number of nitrogens with zero attached hydrogens (tertiary/aromatic N) is 1. The molecule has 7 nitrogen and oxygen atoms in total. The van der Waals surface area contributed by atoms with Crippen molar-refractivity contribution in [3.05, 3.63) is 59.7 Å². The Morgan fingerprint density at radius 3 is 2.29 bits per heavy atom. The van der Waals surface area contributed by atoms with E-state index >= 15 is 0 Å². The van der Waals surface area contributed by atoms with Crippen LogP contribution >= 0.6 is 0 Å². The van der Waals surface area contributed by atoms with E-state index in [1.54, 1.807) is 0 Å². The Labute approximate surface area is 199 Å². The molecule has 2 amide bonds. The summed E-state index contributed by atoms with van der Waals surface area (Å²) in [4.78, 5) is 37.4. The second kappa shape index (κ2) is 9.49. The number of fused-ring (bicyclic) bond motifs is 3. The van der Waals surface area contributed by atoms with Gasteiger partial charge in [0.1, 0.15) is 6.61 Å². The Kier molecular flexibility index (Phi) is 6.26. The van der Waals surface area contributed by atoms with Gasteiger partial charge in [-0.05, 0) is 53.4 Å². The van der Waals surface area contributed by atoms with Crippen LogP contribution in [0.25, 0.3) is 11.1 Å². The molecule has 7 heteroatoms. The number of rotatable bonds is 9. The highest BCUT2D eigenvalue weighted by Gasteiger charge is 2.47. The second-order valence-electron chi connectivity index (χ2n) is 9.70. The van der Waals surface area contributed by atoms with Gasteiger partial charge >= 0.3 is 12.1 Å². The summed E-state index contributed by atoms with van der Waals surface area (Å²) in [7, 11) is 0. The summed E-state index contributed by atoms with van der Waals surface area (Å²) in [5.41, 5.74) is 4.75. The molecule has 1 saturated carbocycles. The lowest BCUT2D eigenvalue weighted by Crippen LogP contribution is -2.50. The first kappa shape index (κ1) is 22.4. The van der Waals surface area contributed by atoms with Crippen LogP contribution in [0.4, 0.5) is 4.79 Å². The summed E-state index contributed by atoms with van der Waals surface area (Å²) in [5, 5.41) is 11.6. The van der Waals surface area contributed by atoms with Crippen LogP contribution in [0.1, 0.15) is 42.7 Å². The van der Waals surface area contributed by atoms with Gasteiger partial charge in [0.2, 0.25) is 5.91 Å². The highest BCUT2D eigenvalue weighted by molar-refractivity contribution is 5.82. The molecule has 0 spiro atoms. The van der Waals surface area contributed by atoms with Crippen molar-refractivity contribution in [1.82, 2.24) is 10.2 Å². The first-order valence-corrected chi connectivity index (χ1v) is 12.1. The highest BCUT2D eigenvalue weighted by atomic mass is 16.5. The van der Waals surface area contributed by atoms with Crippen LogP contribution in [0, 0.1) is 17.8 Å². The first-order chi connectivity index (χ1) is 16.5. The molecule has 2 atom stereocenters. The molecular weight excluding hydrogens is 432 g/mol. The summed E-state index contributed by atoms with van der Waals surface area (Å²) in [6, 6.07) is 16.5. The summed E-state index contributed by atoms with van der Waals surface area (Å²) in [5.74, 6) is -0.0126. The maximum absolute atomic E-state index is 12.6. The van der Waals surface area contributed by atoms with Gasteiger partial charge in [0, 0.05) is 37.9 Å². The number of likely N-dealkylation sites (tertiary alicyclic amines) is 1. The van der Waals surface area contributed by atoms with Crippen molar-refractivity contribution >= 4 is 18.0 Å². The normalized spacial score (nSPS) is 20.8. The molecular formula is C27H30N2O5. The number of hydrogen-bond acceptors (Lipinski definition) is 4. The zero-order valence-corrected chi connectivity index (χ0v) is 19.1. The molecule has 1 heterocycles. The minimum Gasteiger partial charge on any atom is -0.481 e. The molecule has 2 aromatic rings. The van der Waals surface area contributed by atoms with Crippen molar-refractivity contribution in [2.75, 3.05) is 26.2 Å². The maximum atomic E-state index is 12.6. The van der Waals surface area contributed by atoms with Gasteiger partial charge < -0.3 is 20.1 Å². The molecule has 2 aromatic carbocycles. The number of carbonyl (C=O) groups excluding carboxylic acids is 2. The number of ether oxygens (including phenoxy) is 1. The predicted octanol–water partition coefficient (Wildman–Crippen LogP) is 3.87. The number of alkyl carbamates (subject to hydrolysis) is 1. The molecule has 2 unspecified atom stereocenters. The zero-order valence-electron chi connectivity index (χ0n) is 19.1. The number of amides is 2. The number of benzene rings is 2. The minimum atomic E-state index is -0.767. The van der Waals surface area contributed by atoms with E-state index in [0.717, 1.165) is 25.9 Å². The lowest BCUT2D eigenvalue weighted by atomic mass is 9.93. The maximum Gasteiger partial charge on any atom is 0.407 e. The van der Waals surface area contributed by atoms with E-state index in [1.165, 1.54) is 22.3 Å². The lowest BCUT2D eigenvalue weighted by Gasteiger charge is -2.39. The standard InChI is InChI=1S/C27H30N2O5/c30-25(31)11-5-6-17-14-29(15-17)26(32)23-12-18(23)13-28-27(33)34-16-24-21-9-3-1-7-19(21)20-8-2-4-10-22(20)24/h1-4,7-10,17-18,23-24H,5-6,11-16H2,(H,28,33)(H,30,31). The average molecular weight is 463 g/mol. The van der Waals surface area contributed by atoms with Gasteiger partial charge in [-0.1, -0.05) is 48.5 Å². The van der Waals surface area contributed by atoms with Crippen LogP contribution in [-0.4, -0.2) is 54.2 Å². The SMILES string of the molecule is O=C(O)CCCC1CN(C(=O)C2CC2CNC(=O)OCC2c3ccccc3-c3ccccc32)C1. The molecule has 0 radical (unpaired) electrons. The number of carboxylic acids is 1. The molecule has 0 aromatic heterocycles. The molecule has 2 N–H and O–H groups in total. The number of aliphatic carboxylic acids is 1. The van der Waals surface area contributed by atoms with Crippen LogP contribution in [0.2, 0.25) is 0 Å². The monoisotopic (exact) mass is 462 g/mol. The summed E-state index contributed by atoms with van der Waals surface area (Å²) < 4.78 is 5.57. The van der Waals surface area contributed by atoms with Gasteiger partial charge in [-0.3, -0.25) is 9.59 Å². The Hall–Kier alpha value is -3.35. The molecule has 2 fully saturated rings. The number of carboxylic acid groups (broad SMARTS) is 1. The average Bonchev–Trinajstić information content (AvgIpc) is 3.52. The van der Waals surface area contributed by atoms with E-state index in [-0.39, 0.29) is 36.7 Å². The van der Waals surface area contributed by atoms with Crippen LogP contribution in [-0.2, 0) is 14.3 Å². The van der Waals surface area contributed by atoms with E-state index in [4.69, 9.17) is 9.84 Å². The van der Waals surface area contributed by atoms with Crippen molar-refractivity contribution in [3.63, 3.8) is 0 Å². The number of carbonyl (C=O) groups is 3. The van der Waals surface area contributed by atoms with E-state index in [1.807, 2.05) is 29.2 Å². The quantitative estimate of drug-likeness (QED) is 0.590. The van der Waals surface area contributed by atoms with Gasteiger partial charge in [-0.15, -0.1) is 0 Å².